The second-order valence-electron chi connectivity index (χ2n) is 8.21. The predicted octanol–water partition coefficient (Wildman–Crippen LogP) is 3.15. The number of ether oxygens (including phenoxy) is 1. The first-order valence-electron chi connectivity index (χ1n) is 10.1. The molecule has 2 fully saturated rings. The van der Waals surface area contributed by atoms with Crippen LogP contribution in [0.3, 0.4) is 0 Å². The van der Waals surface area contributed by atoms with E-state index in [1.165, 1.54) is 0 Å². The Bertz CT molecular complexity index is 798. The van der Waals surface area contributed by atoms with Crippen molar-refractivity contribution >= 4 is 38.2 Å². The van der Waals surface area contributed by atoms with E-state index in [1.54, 1.807) is 16.7 Å². The Kier molecular flexibility index (Phi) is 5.74. The number of fused-ring (bicyclic) bond motifs is 2. The van der Waals surface area contributed by atoms with Crippen LogP contribution in [-0.2, 0) is 9.53 Å². The SMILES string of the molecule is CCCCC12CCS3(C=C(C(=O)O)N=C3SCCN3C(=O)OC[C@@H]3C=C[C@H]1O)C2. The van der Waals surface area contributed by atoms with Gasteiger partial charge in [0.25, 0.3) is 0 Å². The molecule has 1 spiro atoms. The zero-order chi connectivity index (χ0) is 20.6. The summed E-state index contributed by atoms with van der Waals surface area (Å²) in [5.74, 6) is 1.32. The van der Waals surface area contributed by atoms with Crippen LogP contribution in [0.1, 0.15) is 32.6 Å². The van der Waals surface area contributed by atoms with Crippen LogP contribution in [0.25, 0.3) is 0 Å². The van der Waals surface area contributed by atoms with Gasteiger partial charge in [0.05, 0.1) is 12.1 Å². The van der Waals surface area contributed by atoms with E-state index < -0.39 is 22.1 Å². The number of carboxylic acids is 1. The number of unbranched alkanes of at least 4 members (excludes halogenated alkanes) is 1. The van der Waals surface area contributed by atoms with Crippen molar-refractivity contribution in [3.63, 3.8) is 0 Å². The molecule has 4 atom stereocenters. The molecule has 29 heavy (non-hydrogen) atoms. The molecule has 0 aliphatic carbocycles. The van der Waals surface area contributed by atoms with Crippen molar-refractivity contribution in [3.8, 4) is 0 Å². The number of nitrogens with zero attached hydrogens (tertiary/aromatic N) is 2. The summed E-state index contributed by atoms with van der Waals surface area (Å²) >= 11 is 1.57. The minimum Gasteiger partial charge on any atom is -0.476 e. The fraction of sp³-hybridized carbons (Fsp3) is 0.650. The molecule has 4 aliphatic heterocycles. The Morgan fingerprint density at radius 3 is 3.07 bits per heavy atom. The molecule has 160 valence electrons. The lowest BCUT2D eigenvalue weighted by atomic mass is 9.77. The summed E-state index contributed by atoms with van der Waals surface area (Å²) in [6.45, 7) is 2.95. The van der Waals surface area contributed by atoms with Gasteiger partial charge in [-0.25, -0.2) is 14.6 Å². The van der Waals surface area contributed by atoms with Gasteiger partial charge in [0.2, 0.25) is 0 Å². The molecule has 2 N–H and O–H groups in total. The van der Waals surface area contributed by atoms with E-state index in [1.807, 2.05) is 17.6 Å². The maximum absolute atomic E-state index is 12.1. The van der Waals surface area contributed by atoms with Crippen LogP contribution in [0.5, 0.6) is 0 Å². The molecule has 4 rings (SSSR count). The summed E-state index contributed by atoms with van der Waals surface area (Å²) in [5, 5.41) is 22.7. The number of aliphatic hydroxyl groups excluding tert-OH is 1. The third-order valence-corrected chi connectivity index (χ3v) is 11.9. The number of carboxylic acid groups (broad SMARTS) is 1. The van der Waals surface area contributed by atoms with Gasteiger partial charge in [-0.1, -0.05) is 43.7 Å². The van der Waals surface area contributed by atoms with Crippen molar-refractivity contribution in [2.75, 3.05) is 30.4 Å². The Labute approximate surface area is 176 Å². The molecule has 0 aromatic rings. The monoisotopic (exact) mass is 440 g/mol. The van der Waals surface area contributed by atoms with Crippen molar-refractivity contribution in [1.29, 1.82) is 0 Å². The highest BCUT2D eigenvalue weighted by atomic mass is 32.3. The number of aliphatic hydroxyl groups is 1. The number of aliphatic imine (C=N–C) groups is 1. The summed E-state index contributed by atoms with van der Waals surface area (Å²) in [6, 6.07) is -0.169. The number of carbonyl (C=O) groups is 2. The lowest BCUT2D eigenvalue weighted by Crippen LogP contribution is -2.37. The zero-order valence-electron chi connectivity index (χ0n) is 16.6. The lowest BCUT2D eigenvalue weighted by molar-refractivity contribution is -0.132. The fourth-order valence-electron chi connectivity index (χ4n) is 4.68. The number of hydrogen-bond donors (Lipinski definition) is 2. The summed E-state index contributed by atoms with van der Waals surface area (Å²) in [4.78, 5) is 29.9. The molecule has 2 saturated heterocycles. The van der Waals surface area contributed by atoms with Gasteiger partial charge in [-0.2, -0.15) is 10.0 Å². The van der Waals surface area contributed by atoms with Crippen LogP contribution in [0.2, 0.25) is 0 Å². The third kappa shape index (κ3) is 3.72. The van der Waals surface area contributed by atoms with Gasteiger partial charge in [-0.05, 0) is 29.8 Å². The molecular formula is C20H28N2O5S2. The van der Waals surface area contributed by atoms with Crippen LogP contribution in [0.15, 0.2) is 28.2 Å². The largest absolute Gasteiger partial charge is 0.476 e. The van der Waals surface area contributed by atoms with Gasteiger partial charge >= 0.3 is 12.1 Å². The number of carbonyl (C=O) groups excluding carboxylic acids is 1. The maximum atomic E-state index is 12.1. The van der Waals surface area contributed by atoms with E-state index in [0.29, 0.717) is 18.9 Å². The summed E-state index contributed by atoms with van der Waals surface area (Å²) < 4.78 is 6.11. The molecule has 1 amide bonds. The quantitative estimate of drug-likeness (QED) is 0.652. The Morgan fingerprint density at radius 1 is 1.48 bits per heavy atom. The van der Waals surface area contributed by atoms with Crippen molar-refractivity contribution in [1.82, 2.24) is 4.90 Å². The molecule has 4 aliphatic rings. The molecule has 0 saturated carbocycles. The first kappa shape index (κ1) is 20.8. The van der Waals surface area contributed by atoms with E-state index in [4.69, 9.17) is 4.74 Å². The third-order valence-electron chi connectivity index (χ3n) is 6.37. The van der Waals surface area contributed by atoms with Crippen LogP contribution in [0, 0.1) is 5.41 Å². The number of aliphatic carboxylic acids is 1. The number of hydrogen-bond acceptors (Lipinski definition) is 6. The average molecular weight is 441 g/mol. The molecule has 4 heterocycles. The highest BCUT2D eigenvalue weighted by molar-refractivity contribution is 8.59. The van der Waals surface area contributed by atoms with Crippen molar-refractivity contribution in [2.45, 2.75) is 44.8 Å². The second-order valence-corrected chi connectivity index (χ2v) is 12.8. The molecule has 0 aromatic carbocycles. The summed E-state index contributed by atoms with van der Waals surface area (Å²) in [7, 11) is -1.50. The summed E-state index contributed by atoms with van der Waals surface area (Å²) in [6.07, 6.45) is 6.62. The molecule has 2 unspecified atom stereocenters. The van der Waals surface area contributed by atoms with E-state index in [0.717, 1.165) is 41.6 Å². The van der Waals surface area contributed by atoms with Gasteiger partial charge in [-0.15, -0.1) is 0 Å². The van der Waals surface area contributed by atoms with E-state index in [2.05, 4.69) is 11.9 Å². The highest BCUT2D eigenvalue weighted by Crippen LogP contribution is 2.68. The van der Waals surface area contributed by atoms with Gasteiger partial charge in [-0.3, -0.25) is 4.90 Å². The topological polar surface area (TPSA) is 99.4 Å². The van der Waals surface area contributed by atoms with Crippen molar-refractivity contribution in [3.05, 3.63) is 23.3 Å². The first-order chi connectivity index (χ1) is 13.9. The Morgan fingerprint density at radius 2 is 2.31 bits per heavy atom. The average Bonchev–Trinajstić information content (AvgIpc) is 3.36. The summed E-state index contributed by atoms with van der Waals surface area (Å²) in [5.41, 5.74) is -0.145. The standard InChI is InChI=1S/C20H28N2O5S2/c1-2-3-6-20-7-10-29(13-20)12-15(17(24)25)21-18(29)28-9-8-22-14(4-5-16(20)23)11-27-19(22)26/h4-5,12,14,16,23H,2-3,6-11,13H2,1H3,(H,24,25)/t14-,16+,20?/m0/s1. The predicted molar refractivity (Wildman–Crippen MR) is 117 cm³/mol. The number of amides is 1. The van der Waals surface area contributed by atoms with Gasteiger partial charge < -0.3 is 14.9 Å². The van der Waals surface area contributed by atoms with Crippen LogP contribution in [0.4, 0.5) is 4.79 Å². The normalized spacial score (nSPS) is 38.7. The Hall–Kier alpha value is -1.45. The van der Waals surface area contributed by atoms with Gasteiger partial charge in [0, 0.05) is 17.7 Å². The molecule has 0 radical (unpaired) electrons. The maximum Gasteiger partial charge on any atom is 0.410 e. The number of rotatable bonds is 4. The number of thioether (sulfide) groups is 1. The van der Waals surface area contributed by atoms with Crippen LogP contribution >= 0.6 is 21.8 Å². The molecular weight excluding hydrogens is 412 g/mol. The van der Waals surface area contributed by atoms with E-state index in [-0.39, 0.29) is 23.2 Å². The number of cyclic esters (lactones) is 1. The highest BCUT2D eigenvalue weighted by Gasteiger charge is 2.52. The lowest BCUT2D eigenvalue weighted by Gasteiger charge is -2.37. The van der Waals surface area contributed by atoms with Crippen molar-refractivity contribution < 1.29 is 24.5 Å². The first-order valence-corrected chi connectivity index (χ1v) is 13.2. The minimum atomic E-state index is -1.50. The van der Waals surface area contributed by atoms with Crippen molar-refractivity contribution in [2.24, 2.45) is 10.4 Å². The van der Waals surface area contributed by atoms with E-state index in [9.17, 15) is 19.8 Å². The molecule has 2 bridgehead atoms. The van der Waals surface area contributed by atoms with Crippen LogP contribution < -0.4 is 0 Å². The zero-order valence-corrected chi connectivity index (χ0v) is 18.2. The van der Waals surface area contributed by atoms with Gasteiger partial charge in [0.1, 0.15) is 11.0 Å². The van der Waals surface area contributed by atoms with Gasteiger partial charge in [0.15, 0.2) is 5.70 Å². The van der Waals surface area contributed by atoms with Crippen LogP contribution in [-0.4, -0.2) is 74.1 Å². The molecule has 9 heteroatoms. The molecule has 7 nitrogen and oxygen atoms in total. The Balaban J connectivity index is 1.72. The van der Waals surface area contributed by atoms with E-state index >= 15 is 0 Å². The minimum absolute atomic E-state index is 0.132. The molecule has 0 aromatic heterocycles. The fourth-order valence-corrected chi connectivity index (χ4v) is 10.9. The smallest absolute Gasteiger partial charge is 0.410 e. The second kappa shape index (κ2) is 8.00.